The summed E-state index contributed by atoms with van der Waals surface area (Å²) in [5.74, 6) is 0.0856. The number of ketones is 1. The number of ether oxygens (including phenoxy) is 1. The lowest BCUT2D eigenvalue weighted by atomic mass is 10.0. The standard InChI is InChI=1S/C10H13NO3S/c1-2-14-10(13)9-11-8-6(12)4-3-5-7(8)15-9/h10,13H,2-5H2,1H3. The van der Waals surface area contributed by atoms with Gasteiger partial charge in [0.25, 0.3) is 0 Å². The summed E-state index contributed by atoms with van der Waals surface area (Å²) >= 11 is 1.38. The second-order valence-corrected chi connectivity index (χ2v) is 4.52. The van der Waals surface area contributed by atoms with Gasteiger partial charge in [0.15, 0.2) is 5.78 Å². The van der Waals surface area contributed by atoms with Crippen LogP contribution in [0.1, 0.15) is 46.4 Å². The fourth-order valence-corrected chi connectivity index (χ4v) is 2.68. The van der Waals surface area contributed by atoms with E-state index in [0.717, 1.165) is 17.7 Å². The number of nitrogens with zero attached hydrogens (tertiary/aromatic N) is 1. The molecular weight excluding hydrogens is 214 g/mol. The van der Waals surface area contributed by atoms with E-state index in [0.29, 0.717) is 23.7 Å². The monoisotopic (exact) mass is 227 g/mol. The average molecular weight is 227 g/mol. The SMILES string of the molecule is CCOC(O)c1nc2c(s1)CCCC2=O. The number of rotatable bonds is 3. The minimum absolute atomic E-state index is 0.0856. The summed E-state index contributed by atoms with van der Waals surface area (Å²) in [7, 11) is 0. The van der Waals surface area contributed by atoms with Crippen LogP contribution in [0, 0.1) is 0 Å². The van der Waals surface area contributed by atoms with Gasteiger partial charge in [0.05, 0.1) is 0 Å². The van der Waals surface area contributed by atoms with E-state index in [-0.39, 0.29) is 5.78 Å². The third kappa shape index (κ3) is 2.09. The van der Waals surface area contributed by atoms with Gasteiger partial charge in [-0.15, -0.1) is 11.3 Å². The second-order valence-electron chi connectivity index (χ2n) is 3.41. The molecule has 4 nitrogen and oxygen atoms in total. The van der Waals surface area contributed by atoms with Crippen molar-refractivity contribution in [3.8, 4) is 0 Å². The fraction of sp³-hybridized carbons (Fsp3) is 0.600. The first-order valence-electron chi connectivity index (χ1n) is 5.05. The van der Waals surface area contributed by atoms with Gasteiger partial charge in [-0.2, -0.15) is 0 Å². The molecule has 0 radical (unpaired) electrons. The molecule has 1 heterocycles. The number of aliphatic hydroxyl groups excluding tert-OH is 1. The molecular formula is C10H13NO3S. The van der Waals surface area contributed by atoms with Crippen LogP contribution >= 0.6 is 11.3 Å². The molecule has 5 heteroatoms. The quantitative estimate of drug-likeness (QED) is 0.798. The number of hydrogen-bond donors (Lipinski definition) is 1. The molecule has 2 rings (SSSR count). The lowest BCUT2D eigenvalue weighted by Crippen LogP contribution is -2.09. The van der Waals surface area contributed by atoms with E-state index in [9.17, 15) is 9.90 Å². The summed E-state index contributed by atoms with van der Waals surface area (Å²) in [6, 6.07) is 0. The first kappa shape index (κ1) is 10.7. The van der Waals surface area contributed by atoms with E-state index in [4.69, 9.17) is 4.74 Å². The first-order valence-corrected chi connectivity index (χ1v) is 5.86. The van der Waals surface area contributed by atoms with Crippen LogP contribution < -0.4 is 0 Å². The van der Waals surface area contributed by atoms with E-state index in [1.807, 2.05) is 6.92 Å². The van der Waals surface area contributed by atoms with Gasteiger partial charge in [-0.25, -0.2) is 4.98 Å². The maximum Gasteiger partial charge on any atom is 0.208 e. The molecule has 0 fully saturated rings. The molecule has 82 valence electrons. The molecule has 1 aliphatic carbocycles. The topological polar surface area (TPSA) is 59.4 Å². The maximum atomic E-state index is 11.5. The van der Waals surface area contributed by atoms with Crippen molar-refractivity contribution in [2.24, 2.45) is 0 Å². The van der Waals surface area contributed by atoms with Crippen molar-refractivity contribution in [2.45, 2.75) is 32.5 Å². The Morgan fingerprint density at radius 3 is 3.07 bits per heavy atom. The number of carbonyl (C=O) groups is 1. The number of aryl methyl sites for hydroxylation is 1. The Hall–Kier alpha value is -0.780. The largest absolute Gasteiger partial charge is 0.362 e. The molecule has 0 bridgehead atoms. The van der Waals surface area contributed by atoms with Crippen LogP contribution in [-0.2, 0) is 11.2 Å². The summed E-state index contributed by atoms with van der Waals surface area (Å²) in [5.41, 5.74) is 0.542. The highest BCUT2D eigenvalue weighted by molar-refractivity contribution is 7.12. The smallest absolute Gasteiger partial charge is 0.208 e. The zero-order valence-corrected chi connectivity index (χ0v) is 9.34. The highest BCUT2D eigenvalue weighted by Gasteiger charge is 2.24. The Morgan fingerprint density at radius 1 is 1.60 bits per heavy atom. The van der Waals surface area contributed by atoms with Crippen molar-refractivity contribution in [3.63, 3.8) is 0 Å². The van der Waals surface area contributed by atoms with Crippen LogP contribution in [0.25, 0.3) is 0 Å². The normalized spacial score (nSPS) is 17.6. The van der Waals surface area contributed by atoms with Crippen molar-refractivity contribution in [1.29, 1.82) is 0 Å². The summed E-state index contributed by atoms with van der Waals surface area (Å²) < 4.78 is 5.03. The van der Waals surface area contributed by atoms with Crippen molar-refractivity contribution >= 4 is 17.1 Å². The Morgan fingerprint density at radius 2 is 2.40 bits per heavy atom. The van der Waals surface area contributed by atoms with E-state index < -0.39 is 6.29 Å². The summed E-state index contributed by atoms with van der Waals surface area (Å²) in [6.45, 7) is 2.24. The zero-order valence-electron chi connectivity index (χ0n) is 8.52. The van der Waals surface area contributed by atoms with Gasteiger partial charge in [-0.05, 0) is 19.8 Å². The highest BCUT2D eigenvalue weighted by atomic mass is 32.1. The van der Waals surface area contributed by atoms with Gasteiger partial charge in [0, 0.05) is 17.9 Å². The van der Waals surface area contributed by atoms with Gasteiger partial charge < -0.3 is 9.84 Å². The predicted octanol–water partition coefficient (Wildman–Crippen LogP) is 1.69. The molecule has 1 N–H and O–H groups in total. The van der Waals surface area contributed by atoms with Crippen molar-refractivity contribution < 1.29 is 14.6 Å². The average Bonchev–Trinajstić information content (AvgIpc) is 2.63. The molecule has 0 aromatic carbocycles. The van der Waals surface area contributed by atoms with Gasteiger partial charge in [0.1, 0.15) is 10.7 Å². The van der Waals surface area contributed by atoms with E-state index in [2.05, 4.69) is 4.98 Å². The molecule has 1 unspecified atom stereocenters. The highest BCUT2D eigenvalue weighted by Crippen LogP contribution is 2.30. The minimum atomic E-state index is -0.988. The molecule has 0 spiro atoms. The Bertz CT molecular complexity index is 375. The molecule has 1 aromatic heterocycles. The number of thiazole rings is 1. The minimum Gasteiger partial charge on any atom is -0.362 e. The van der Waals surface area contributed by atoms with Crippen LogP contribution in [0.4, 0.5) is 0 Å². The number of aliphatic hydroxyl groups is 1. The van der Waals surface area contributed by atoms with Gasteiger partial charge in [-0.3, -0.25) is 4.79 Å². The van der Waals surface area contributed by atoms with E-state index >= 15 is 0 Å². The van der Waals surface area contributed by atoms with Gasteiger partial charge >= 0.3 is 0 Å². The molecule has 0 aliphatic heterocycles. The van der Waals surface area contributed by atoms with E-state index in [1.54, 1.807) is 0 Å². The molecule has 1 atom stereocenters. The first-order chi connectivity index (χ1) is 7.22. The Kier molecular flexibility index (Phi) is 3.14. The third-order valence-corrected chi connectivity index (χ3v) is 3.47. The second kappa shape index (κ2) is 4.38. The molecule has 1 aromatic rings. The zero-order chi connectivity index (χ0) is 10.8. The Balaban J connectivity index is 2.25. The van der Waals surface area contributed by atoms with Crippen LogP contribution in [-0.4, -0.2) is 22.5 Å². The summed E-state index contributed by atoms with van der Waals surface area (Å²) in [4.78, 5) is 16.6. The molecule has 0 amide bonds. The van der Waals surface area contributed by atoms with Crippen LogP contribution in [0.3, 0.4) is 0 Å². The fourth-order valence-electron chi connectivity index (χ4n) is 1.62. The molecule has 15 heavy (non-hydrogen) atoms. The lowest BCUT2D eigenvalue weighted by molar-refractivity contribution is -0.0980. The number of hydrogen-bond acceptors (Lipinski definition) is 5. The maximum absolute atomic E-state index is 11.5. The van der Waals surface area contributed by atoms with E-state index in [1.165, 1.54) is 11.3 Å². The van der Waals surface area contributed by atoms with Crippen molar-refractivity contribution in [2.75, 3.05) is 6.61 Å². The predicted molar refractivity (Wildman–Crippen MR) is 56.0 cm³/mol. The third-order valence-electron chi connectivity index (χ3n) is 2.32. The van der Waals surface area contributed by atoms with Crippen LogP contribution in [0.15, 0.2) is 0 Å². The van der Waals surface area contributed by atoms with Crippen molar-refractivity contribution in [3.05, 3.63) is 15.6 Å². The van der Waals surface area contributed by atoms with Crippen LogP contribution in [0.5, 0.6) is 0 Å². The Labute approximate surface area is 91.9 Å². The van der Waals surface area contributed by atoms with Crippen LogP contribution in [0.2, 0.25) is 0 Å². The molecule has 0 saturated carbocycles. The van der Waals surface area contributed by atoms with Crippen molar-refractivity contribution in [1.82, 2.24) is 4.98 Å². The number of carbonyl (C=O) groups excluding carboxylic acids is 1. The lowest BCUT2D eigenvalue weighted by Gasteiger charge is -2.06. The number of aromatic nitrogens is 1. The molecule has 0 saturated heterocycles. The van der Waals surface area contributed by atoms with Gasteiger partial charge in [-0.1, -0.05) is 0 Å². The number of fused-ring (bicyclic) bond motifs is 1. The molecule has 1 aliphatic rings. The number of Topliss-reactive ketones (excluding diaryl/α,β-unsaturated/α-hetero) is 1. The summed E-state index contributed by atoms with van der Waals surface area (Å²) in [5, 5.41) is 10.1. The summed E-state index contributed by atoms with van der Waals surface area (Å²) in [6.07, 6.45) is 1.36. The van der Waals surface area contributed by atoms with Gasteiger partial charge in [0.2, 0.25) is 6.29 Å².